The van der Waals surface area contributed by atoms with Gasteiger partial charge in [-0.25, -0.2) is 0 Å². The molecule has 0 amide bonds. The molecule has 1 heterocycles. The number of rotatable bonds is 3. The second-order valence-electron chi connectivity index (χ2n) is 3.04. The Labute approximate surface area is 84.1 Å². The van der Waals surface area contributed by atoms with Crippen molar-refractivity contribution in [2.45, 2.75) is 13.0 Å². The molecule has 0 N–H and O–H groups in total. The van der Waals surface area contributed by atoms with Gasteiger partial charge in [-0.15, -0.1) is 11.6 Å². The minimum atomic E-state index is 0.636. The van der Waals surface area contributed by atoms with Gasteiger partial charge in [-0.1, -0.05) is 12.2 Å². The second kappa shape index (κ2) is 5.90. The van der Waals surface area contributed by atoms with E-state index in [1.165, 1.54) is 18.1 Å². The number of hydrogen-bond donors (Lipinski definition) is 0. The second-order valence-corrected chi connectivity index (χ2v) is 4.50. The summed E-state index contributed by atoms with van der Waals surface area (Å²) in [5.74, 6) is 3.19. The Kier molecular flexibility index (Phi) is 5.12. The Bertz CT molecular complexity index is 149. The highest BCUT2D eigenvalue weighted by molar-refractivity contribution is 7.99. The zero-order valence-corrected chi connectivity index (χ0v) is 9.07. The molecule has 1 saturated heterocycles. The highest BCUT2D eigenvalue weighted by atomic mass is 35.5. The number of allylic oxidation sites excluding steroid dienone is 1. The van der Waals surface area contributed by atoms with Crippen LogP contribution in [0.3, 0.4) is 0 Å². The lowest BCUT2D eigenvalue weighted by Crippen LogP contribution is -2.40. The molecule has 0 aromatic carbocycles. The molecule has 0 aliphatic carbocycles. The Balaban J connectivity index is 2.24. The molecular weight excluding hydrogens is 190 g/mol. The first-order chi connectivity index (χ1) is 5.84. The van der Waals surface area contributed by atoms with Gasteiger partial charge in [0, 0.05) is 36.5 Å². The van der Waals surface area contributed by atoms with Crippen molar-refractivity contribution < 1.29 is 0 Å². The number of alkyl halides is 1. The van der Waals surface area contributed by atoms with Crippen LogP contribution >= 0.6 is 23.4 Å². The summed E-state index contributed by atoms with van der Waals surface area (Å²) < 4.78 is 0. The van der Waals surface area contributed by atoms with Gasteiger partial charge in [-0.05, 0) is 6.92 Å². The molecule has 3 heteroatoms. The minimum Gasteiger partial charge on any atom is -0.295 e. The summed E-state index contributed by atoms with van der Waals surface area (Å²) >= 11 is 7.60. The van der Waals surface area contributed by atoms with E-state index in [0.29, 0.717) is 5.88 Å². The maximum atomic E-state index is 5.55. The molecule has 0 aromatic heterocycles. The number of thioether (sulfide) groups is 1. The summed E-state index contributed by atoms with van der Waals surface area (Å²) in [6, 6.07) is 0.726. The molecule has 1 aliphatic heterocycles. The van der Waals surface area contributed by atoms with Crippen molar-refractivity contribution in [2.75, 3.05) is 30.5 Å². The monoisotopic (exact) mass is 205 g/mol. The molecule has 0 aromatic rings. The van der Waals surface area contributed by atoms with Crippen LogP contribution in [-0.2, 0) is 0 Å². The van der Waals surface area contributed by atoms with Crippen molar-refractivity contribution in [3.05, 3.63) is 12.2 Å². The quantitative estimate of drug-likeness (QED) is 0.514. The van der Waals surface area contributed by atoms with Crippen molar-refractivity contribution in [3.8, 4) is 0 Å². The van der Waals surface area contributed by atoms with E-state index in [9.17, 15) is 0 Å². The summed E-state index contributed by atoms with van der Waals surface area (Å²) in [6.07, 6.45) is 4.19. The zero-order valence-electron chi connectivity index (χ0n) is 7.50. The molecule has 1 unspecified atom stereocenters. The number of hydrogen-bond acceptors (Lipinski definition) is 2. The van der Waals surface area contributed by atoms with Crippen LogP contribution in [-0.4, -0.2) is 41.4 Å². The van der Waals surface area contributed by atoms with Gasteiger partial charge in [-0.3, -0.25) is 4.90 Å². The van der Waals surface area contributed by atoms with E-state index in [4.69, 9.17) is 11.6 Å². The third-order valence-corrected chi connectivity index (χ3v) is 3.47. The van der Waals surface area contributed by atoms with E-state index in [0.717, 1.165) is 12.6 Å². The third-order valence-electron chi connectivity index (χ3n) is 2.10. The van der Waals surface area contributed by atoms with Gasteiger partial charge >= 0.3 is 0 Å². The standard InChI is InChI=1S/C9H16ClNS/c1-9-8-12-7-6-11(9)5-3-2-4-10/h2-3,9H,4-8H2,1H3/b3-2+. The van der Waals surface area contributed by atoms with Gasteiger partial charge in [-0.2, -0.15) is 11.8 Å². The van der Waals surface area contributed by atoms with Crippen molar-refractivity contribution in [3.63, 3.8) is 0 Å². The van der Waals surface area contributed by atoms with Gasteiger partial charge in [0.05, 0.1) is 0 Å². The number of nitrogens with zero attached hydrogens (tertiary/aromatic N) is 1. The van der Waals surface area contributed by atoms with Crippen LogP contribution in [0.1, 0.15) is 6.92 Å². The van der Waals surface area contributed by atoms with Gasteiger partial charge in [0.2, 0.25) is 0 Å². The zero-order chi connectivity index (χ0) is 8.81. The van der Waals surface area contributed by atoms with Gasteiger partial charge in [0.1, 0.15) is 0 Å². The third kappa shape index (κ3) is 3.38. The largest absolute Gasteiger partial charge is 0.295 e. The highest BCUT2D eigenvalue weighted by Gasteiger charge is 2.16. The highest BCUT2D eigenvalue weighted by Crippen LogP contribution is 2.15. The SMILES string of the molecule is CC1CSCCN1C/C=C/CCl. The van der Waals surface area contributed by atoms with Crippen LogP contribution in [0, 0.1) is 0 Å². The van der Waals surface area contributed by atoms with E-state index in [1.807, 2.05) is 6.08 Å². The van der Waals surface area contributed by atoms with Crippen molar-refractivity contribution in [2.24, 2.45) is 0 Å². The summed E-state index contributed by atoms with van der Waals surface area (Å²) in [5.41, 5.74) is 0. The smallest absolute Gasteiger partial charge is 0.0404 e. The Morgan fingerprint density at radius 2 is 2.42 bits per heavy atom. The van der Waals surface area contributed by atoms with Gasteiger partial charge < -0.3 is 0 Å². The van der Waals surface area contributed by atoms with Crippen LogP contribution in [0.25, 0.3) is 0 Å². The first kappa shape index (κ1) is 10.4. The van der Waals surface area contributed by atoms with E-state index in [1.54, 1.807) is 0 Å². The molecular formula is C9H16ClNS. The average Bonchev–Trinajstić information content (AvgIpc) is 2.09. The Hall–Kier alpha value is 0.340. The molecule has 0 radical (unpaired) electrons. The van der Waals surface area contributed by atoms with Gasteiger partial charge in [0.25, 0.3) is 0 Å². The fraction of sp³-hybridized carbons (Fsp3) is 0.778. The minimum absolute atomic E-state index is 0.636. The maximum absolute atomic E-state index is 5.55. The molecule has 1 atom stereocenters. The molecule has 1 nitrogen and oxygen atoms in total. The maximum Gasteiger partial charge on any atom is 0.0404 e. The molecule has 0 saturated carbocycles. The predicted octanol–water partition coefficient (Wildman–Crippen LogP) is 2.22. The van der Waals surface area contributed by atoms with E-state index in [2.05, 4.69) is 29.7 Å². The molecule has 12 heavy (non-hydrogen) atoms. The Morgan fingerprint density at radius 3 is 3.08 bits per heavy atom. The molecule has 1 aliphatic rings. The average molecular weight is 206 g/mol. The lowest BCUT2D eigenvalue weighted by molar-refractivity contribution is 0.258. The predicted molar refractivity (Wildman–Crippen MR) is 58.2 cm³/mol. The fourth-order valence-corrected chi connectivity index (χ4v) is 2.51. The van der Waals surface area contributed by atoms with Gasteiger partial charge in [0.15, 0.2) is 0 Å². The van der Waals surface area contributed by atoms with E-state index >= 15 is 0 Å². The molecule has 1 rings (SSSR count). The van der Waals surface area contributed by atoms with E-state index in [-0.39, 0.29) is 0 Å². The van der Waals surface area contributed by atoms with Crippen LogP contribution in [0.2, 0.25) is 0 Å². The molecule has 70 valence electrons. The number of halogens is 1. The lowest BCUT2D eigenvalue weighted by atomic mass is 10.3. The van der Waals surface area contributed by atoms with Crippen LogP contribution < -0.4 is 0 Å². The summed E-state index contributed by atoms with van der Waals surface area (Å²) in [6.45, 7) is 4.58. The first-order valence-corrected chi connectivity index (χ1v) is 6.06. The van der Waals surface area contributed by atoms with Crippen molar-refractivity contribution in [1.82, 2.24) is 4.90 Å². The van der Waals surface area contributed by atoms with Crippen LogP contribution in [0.5, 0.6) is 0 Å². The Morgan fingerprint density at radius 1 is 1.58 bits per heavy atom. The fourth-order valence-electron chi connectivity index (χ4n) is 1.31. The summed E-state index contributed by atoms with van der Waals surface area (Å²) in [5, 5.41) is 0. The molecule has 0 spiro atoms. The molecule has 0 bridgehead atoms. The van der Waals surface area contributed by atoms with Crippen LogP contribution in [0.15, 0.2) is 12.2 Å². The first-order valence-electron chi connectivity index (χ1n) is 4.37. The van der Waals surface area contributed by atoms with Crippen molar-refractivity contribution >= 4 is 23.4 Å². The van der Waals surface area contributed by atoms with Crippen LogP contribution in [0.4, 0.5) is 0 Å². The topological polar surface area (TPSA) is 3.24 Å². The van der Waals surface area contributed by atoms with E-state index < -0.39 is 0 Å². The normalized spacial score (nSPS) is 26.7. The summed E-state index contributed by atoms with van der Waals surface area (Å²) in [4.78, 5) is 2.50. The summed E-state index contributed by atoms with van der Waals surface area (Å²) in [7, 11) is 0. The molecule has 1 fully saturated rings. The lowest BCUT2D eigenvalue weighted by Gasteiger charge is -2.31. The van der Waals surface area contributed by atoms with Crippen molar-refractivity contribution in [1.29, 1.82) is 0 Å².